The number of fused-ring (bicyclic) bond motifs is 1. The van der Waals surface area contributed by atoms with E-state index in [0.29, 0.717) is 21.5 Å². The van der Waals surface area contributed by atoms with Crippen molar-refractivity contribution in [3.05, 3.63) is 57.1 Å². The van der Waals surface area contributed by atoms with Gasteiger partial charge in [0.05, 0.1) is 22.8 Å². The van der Waals surface area contributed by atoms with E-state index in [1.807, 2.05) is 6.92 Å². The summed E-state index contributed by atoms with van der Waals surface area (Å²) in [5, 5.41) is 14.2. The van der Waals surface area contributed by atoms with Crippen LogP contribution in [0.5, 0.6) is 0 Å². The third-order valence-electron chi connectivity index (χ3n) is 4.55. The highest BCUT2D eigenvalue weighted by Gasteiger charge is 2.30. The van der Waals surface area contributed by atoms with Gasteiger partial charge in [-0.15, -0.1) is 0 Å². The first-order valence-electron chi connectivity index (χ1n) is 8.64. The zero-order valence-electron chi connectivity index (χ0n) is 15.4. The Balaban J connectivity index is 1.90. The Morgan fingerprint density at radius 1 is 1.36 bits per heavy atom. The second-order valence-corrected chi connectivity index (χ2v) is 7.54. The molecule has 1 heterocycles. The highest BCUT2D eigenvalue weighted by Crippen LogP contribution is 2.33. The first-order chi connectivity index (χ1) is 13.3. The van der Waals surface area contributed by atoms with Crippen LogP contribution in [0.15, 0.2) is 46.9 Å². The molecule has 0 spiro atoms. The third-order valence-corrected chi connectivity index (χ3v) is 5.04. The van der Waals surface area contributed by atoms with Gasteiger partial charge in [0.25, 0.3) is 5.69 Å². The SMILES string of the molecule is CC1CC(=O)Nc2ccccc2N1C(=O)CN(C)c1ccc(Br)cc1[N+](=O)[O-]. The fraction of sp³-hybridized carbons (Fsp3) is 0.263. The number of nitrogens with one attached hydrogen (secondary N) is 1. The lowest BCUT2D eigenvalue weighted by Crippen LogP contribution is -2.44. The number of carbonyl (C=O) groups excluding carboxylic acids is 2. The molecule has 0 aromatic heterocycles. The van der Waals surface area contributed by atoms with Crippen LogP contribution in [0.4, 0.5) is 22.7 Å². The van der Waals surface area contributed by atoms with Gasteiger partial charge in [-0.3, -0.25) is 19.7 Å². The number of halogens is 1. The maximum Gasteiger partial charge on any atom is 0.293 e. The van der Waals surface area contributed by atoms with E-state index >= 15 is 0 Å². The van der Waals surface area contributed by atoms with Crippen LogP contribution in [0.1, 0.15) is 13.3 Å². The van der Waals surface area contributed by atoms with Crippen LogP contribution in [0.3, 0.4) is 0 Å². The van der Waals surface area contributed by atoms with Crippen molar-refractivity contribution in [3.63, 3.8) is 0 Å². The molecule has 0 radical (unpaired) electrons. The predicted octanol–water partition coefficient (Wildman–Crippen LogP) is 3.56. The molecule has 3 rings (SSSR count). The summed E-state index contributed by atoms with van der Waals surface area (Å²) in [7, 11) is 1.63. The van der Waals surface area contributed by atoms with Gasteiger partial charge in [-0.1, -0.05) is 28.1 Å². The number of rotatable bonds is 4. The Hall–Kier alpha value is -2.94. The lowest BCUT2D eigenvalue weighted by molar-refractivity contribution is -0.384. The molecule has 2 aromatic carbocycles. The van der Waals surface area contributed by atoms with Crippen molar-refractivity contribution in [2.24, 2.45) is 0 Å². The van der Waals surface area contributed by atoms with Crippen molar-refractivity contribution in [2.75, 3.05) is 28.7 Å². The third kappa shape index (κ3) is 3.99. The number of amides is 2. The summed E-state index contributed by atoms with van der Waals surface area (Å²) in [5.41, 5.74) is 1.43. The largest absolute Gasteiger partial charge is 0.360 e. The van der Waals surface area contributed by atoms with Crippen LogP contribution in [0.25, 0.3) is 0 Å². The topological polar surface area (TPSA) is 95.8 Å². The van der Waals surface area contributed by atoms with Crippen LogP contribution in [0.2, 0.25) is 0 Å². The minimum atomic E-state index is -0.479. The molecule has 1 aliphatic heterocycles. The smallest absolute Gasteiger partial charge is 0.293 e. The Bertz CT molecular complexity index is 949. The molecular formula is C19H19BrN4O4. The summed E-state index contributed by atoms with van der Waals surface area (Å²) in [6.07, 6.45) is 0.169. The zero-order chi connectivity index (χ0) is 20.4. The van der Waals surface area contributed by atoms with Gasteiger partial charge in [0.2, 0.25) is 11.8 Å². The summed E-state index contributed by atoms with van der Waals surface area (Å²) in [6, 6.07) is 11.5. The van der Waals surface area contributed by atoms with Gasteiger partial charge in [-0.25, -0.2) is 0 Å². The molecule has 0 bridgehead atoms. The van der Waals surface area contributed by atoms with E-state index in [-0.39, 0.29) is 36.5 Å². The molecule has 1 unspecified atom stereocenters. The molecule has 2 amide bonds. The molecule has 8 nitrogen and oxygen atoms in total. The van der Waals surface area contributed by atoms with Crippen LogP contribution < -0.4 is 15.1 Å². The molecule has 0 fully saturated rings. The number of likely N-dealkylation sites (N-methyl/N-ethyl adjacent to an activating group) is 1. The summed E-state index contributed by atoms with van der Waals surface area (Å²) < 4.78 is 0.585. The Labute approximate surface area is 170 Å². The quantitative estimate of drug-likeness (QED) is 0.571. The van der Waals surface area contributed by atoms with Gasteiger partial charge in [0.15, 0.2) is 0 Å². The molecule has 2 aromatic rings. The van der Waals surface area contributed by atoms with E-state index in [0.717, 1.165) is 0 Å². The molecule has 0 saturated carbocycles. The summed E-state index contributed by atoms with van der Waals surface area (Å²) in [4.78, 5) is 39.2. The van der Waals surface area contributed by atoms with E-state index in [9.17, 15) is 19.7 Å². The lowest BCUT2D eigenvalue weighted by atomic mass is 10.1. The van der Waals surface area contributed by atoms with E-state index < -0.39 is 4.92 Å². The number of hydrogen-bond acceptors (Lipinski definition) is 5. The Kier molecular flexibility index (Phi) is 5.64. The monoisotopic (exact) mass is 446 g/mol. The number of anilines is 3. The number of nitrogens with zero attached hydrogens (tertiary/aromatic N) is 3. The van der Waals surface area contributed by atoms with Gasteiger partial charge < -0.3 is 15.1 Å². The predicted molar refractivity (Wildman–Crippen MR) is 111 cm³/mol. The number of nitro groups is 1. The molecule has 1 atom stereocenters. The van der Waals surface area contributed by atoms with Crippen LogP contribution >= 0.6 is 15.9 Å². The number of hydrogen-bond donors (Lipinski definition) is 1. The van der Waals surface area contributed by atoms with Crippen molar-refractivity contribution in [1.82, 2.24) is 0 Å². The Morgan fingerprint density at radius 2 is 2.07 bits per heavy atom. The van der Waals surface area contributed by atoms with Crippen molar-refractivity contribution in [2.45, 2.75) is 19.4 Å². The first kappa shape index (κ1) is 19.8. The van der Waals surface area contributed by atoms with Crippen LogP contribution in [-0.2, 0) is 9.59 Å². The van der Waals surface area contributed by atoms with Crippen molar-refractivity contribution >= 4 is 50.5 Å². The molecule has 0 aliphatic carbocycles. The van der Waals surface area contributed by atoms with Gasteiger partial charge >= 0.3 is 0 Å². The summed E-state index contributed by atoms with van der Waals surface area (Å²) in [6.45, 7) is 1.73. The molecular weight excluding hydrogens is 428 g/mol. The van der Waals surface area contributed by atoms with Gasteiger partial charge in [-0.05, 0) is 31.2 Å². The maximum atomic E-state index is 13.1. The molecule has 1 N–H and O–H groups in total. The first-order valence-corrected chi connectivity index (χ1v) is 9.43. The van der Waals surface area contributed by atoms with Crippen LogP contribution in [-0.4, -0.2) is 36.4 Å². The van der Waals surface area contributed by atoms with Crippen molar-refractivity contribution in [1.29, 1.82) is 0 Å². The maximum absolute atomic E-state index is 13.1. The minimum absolute atomic E-state index is 0.0741. The molecule has 28 heavy (non-hydrogen) atoms. The fourth-order valence-corrected chi connectivity index (χ4v) is 3.65. The highest BCUT2D eigenvalue weighted by atomic mass is 79.9. The normalized spacial score (nSPS) is 16.0. The standard InChI is InChI=1S/C19H19BrN4O4/c1-12-9-18(25)21-14-5-3-4-6-15(14)23(12)19(26)11-22(2)16-8-7-13(20)10-17(16)24(27)28/h3-8,10,12H,9,11H2,1-2H3,(H,21,25). The molecule has 1 aliphatic rings. The molecule has 9 heteroatoms. The number of nitro benzene ring substituents is 1. The lowest BCUT2D eigenvalue weighted by Gasteiger charge is -2.30. The number of para-hydroxylation sites is 2. The van der Waals surface area contributed by atoms with Crippen molar-refractivity contribution < 1.29 is 14.5 Å². The van der Waals surface area contributed by atoms with Crippen LogP contribution in [0, 0.1) is 10.1 Å². The van der Waals surface area contributed by atoms with Gasteiger partial charge in [0, 0.05) is 30.0 Å². The van der Waals surface area contributed by atoms with E-state index in [1.165, 1.54) is 6.07 Å². The van der Waals surface area contributed by atoms with Crippen molar-refractivity contribution in [3.8, 4) is 0 Å². The fourth-order valence-electron chi connectivity index (χ4n) is 3.30. The van der Waals surface area contributed by atoms with Gasteiger partial charge in [0.1, 0.15) is 5.69 Å². The molecule has 146 valence electrons. The number of benzene rings is 2. The number of carbonyl (C=O) groups is 2. The Morgan fingerprint density at radius 3 is 2.79 bits per heavy atom. The van der Waals surface area contributed by atoms with E-state index in [1.54, 1.807) is 53.2 Å². The van der Waals surface area contributed by atoms with Gasteiger partial charge in [-0.2, -0.15) is 0 Å². The minimum Gasteiger partial charge on any atom is -0.360 e. The molecule has 0 saturated heterocycles. The summed E-state index contributed by atoms with van der Waals surface area (Å²) in [5.74, 6) is -0.414. The van der Waals surface area contributed by atoms with E-state index in [2.05, 4.69) is 21.2 Å². The highest BCUT2D eigenvalue weighted by molar-refractivity contribution is 9.10. The second-order valence-electron chi connectivity index (χ2n) is 6.63. The zero-order valence-corrected chi connectivity index (χ0v) is 17.0. The average Bonchev–Trinajstić information content (AvgIpc) is 2.75. The van der Waals surface area contributed by atoms with E-state index in [4.69, 9.17) is 0 Å². The average molecular weight is 447 g/mol. The second kappa shape index (κ2) is 7.97. The summed E-state index contributed by atoms with van der Waals surface area (Å²) >= 11 is 3.23.